The van der Waals surface area contributed by atoms with Gasteiger partial charge in [-0.15, -0.1) is 0 Å². The molecule has 0 atom stereocenters. The molecule has 8 aromatic rings. The first kappa shape index (κ1) is 42.3. The molecule has 1 aliphatic rings. The number of imidazole rings is 1. The van der Waals surface area contributed by atoms with Crippen LogP contribution in [0.4, 0.5) is 0 Å². The zero-order valence-electron chi connectivity index (χ0n) is 38.8. The van der Waals surface area contributed by atoms with Crippen molar-refractivity contribution in [2.24, 2.45) is 0 Å². The Kier molecular flexibility index (Phi) is 9.98. The Morgan fingerprint density at radius 2 is 1.31 bits per heavy atom. The number of para-hydroxylation sites is 1. The standard InChI is InChI=1S/C58H56N4O2/c1-55(2,3)38-24-26-49(42(31-38)36-18-13-12-14-19-36)62-50-22-17-20-40(51(50)61-54(62)45-32-39(56(4,5)6)33-47(52(45)63)57(7,8)9)37-29-43-41-25-23-35(34-59)28-46(41)58(10,11)64-53(43)44(30-37)48-21-15-16-27-60-48/h12-33,63H,1-11H3. The molecule has 0 radical (unpaired) electrons. The summed E-state index contributed by atoms with van der Waals surface area (Å²) in [5, 5.41) is 22.5. The Hall–Kier alpha value is -6.97. The first-order chi connectivity index (χ1) is 30.2. The summed E-state index contributed by atoms with van der Waals surface area (Å²) in [6.07, 6.45) is 1.81. The number of benzene rings is 6. The second-order valence-corrected chi connectivity index (χ2v) is 20.8. The molecule has 0 spiro atoms. The number of hydrogen-bond acceptors (Lipinski definition) is 5. The normalized spacial score (nSPS) is 13.5. The van der Waals surface area contributed by atoms with Crippen LogP contribution >= 0.6 is 0 Å². The van der Waals surface area contributed by atoms with Gasteiger partial charge in [0.15, 0.2) is 0 Å². The maximum absolute atomic E-state index is 12.6. The van der Waals surface area contributed by atoms with Crippen molar-refractivity contribution < 1.29 is 9.84 Å². The second kappa shape index (κ2) is 15.1. The summed E-state index contributed by atoms with van der Waals surface area (Å²) >= 11 is 0. The van der Waals surface area contributed by atoms with Crippen LogP contribution in [0.15, 0.2) is 134 Å². The fourth-order valence-electron chi connectivity index (χ4n) is 9.08. The van der Waals surface area contributed by atoms with Gasteiger partial charge in [-0.3, -0.25) is 9.55 Å². The number of ether oxygens (including phenoxy) is 1. The molecule has 0 saturated carbocycles. The summed E-state index contributed by atoms with van der Waals surface area (Å²) in [7, 11) is 0. The molecule has 1 aliphatic heterocycles. The third kappa shape index (κ3) is 7.33. The highest BCUT2D eigenvalue weighted by Crippen LogP contribution is 2.52. The minimum Gasteiger partial charge on any atom is -0.507 e. The molecule has 6 aromatic carbocycles. The number of aromatic hydroxyl groups is 1. The van der Waals surface area contributed by atoms with Gasteiger partial charge in [0.1, 0.15) is 22.9 Å². The molecule has 64 heavy (non-hydrogen) atoms. The Balaban J connectivity index is 1.41. The maximum atomic E-state index is 12.6. The van der Waals surface area contributed by atoms with Crippen molar-refractivity contribution in [1.82, 2.24) is 14.5 Å². The second-order valence-electron chi connectivity index (χ2n) is 20.8. The van der Waals surface area contributed by atoms with Crippen LogP contribution in [0.2, 0.25) is 0 Å². The van der Waals surface area contributed by atoms with Gasteiger partial charge in [-0.1, -0.05) is 129 Å². The number of nitrogens with zero attached hydrogens (tertiary/aromatic N) is 4. The lowest BCUT2D eigenvalue weighted by atomic mass is 9.79. The predicted octanol–water partition coefficient (Wildman–Crippen LogP) is 14.9. The minimum absolute atomic E-state index is 0.0958. The quantitative estimate of drug-likeness (QED) is 0.187. The van der Waals surface area contributed by atoms with E-state index < -0.39 is 5.60 Å². The third-order valence-corrected chi connectivity index (χ3v) is 12.7. The van der Waals surface area contributed by atoms with Crippen LogP contribution in [0.3, 0.4) is 0 Å². The lowest BCUT2D eigenvalue weighted by Crippen LogP contribution is -2.29. The highest BCUT2D eigenvalue weighted by atomic mass is 16.5. The van der Waals surface area contributed by atoms with E-state index >= 15 is 0 Å². The van der Waals surface area contributed by atoms with E-state index in [9.17, 15) is 10.4 Å². The molecule has 6 heteroatoms. The van der Waals surface area contributed by atoms with Crippen LogP contribution in [-0.4, -0.2) is 19.6 Å². The van der Waals surface area contributed by atoms with E-state index in [1.807, 2.05) is 56.4 Å². The van der Waals surface area contributed by atoms with Crippen LogP contribution in [-0.2, 0) is 21.8 Å². The van der Waals surface area contributed by atoms with Gasteiger partial charge in [0, 0.05) is 39.6 Å². The number of phenols is 1. The molecule has 320 valence electrons. The van der Waals surface area contributed by atoms with Gasteiger partial charge in [0.2, 0.25) is 0 Å². The van der Waals surface area contributed by atoms with E-state index in [-0.39, 0.29) is 22.0 Å². The lowest BCUT2D eigenvalue weighted by molar-refractivity contribution is 0.106. The number of hydrogen-bond donors (Lipinski definition) is 1. The molecule has 0 fully saturated rings. The van der Waals surface area contributed by atoms with Gasteiger partial charge in [-0.05, 0) is 119 Å². The van der Waals surface area contributed by atoms with E-state index in [1.54, 1.807) is 0 Å². The van der Waals surface area contributed by atoms with E-state index in [0.717, 1.165) is 83.8 Å². The van der Waals surface area contributed by atoms with Crippen molar-refractivity contribution in [3.8, 4) is 79.3 Å². The summed E-state index contributed by atoms with van der Waals surface area (Å²) < 4.78 is 9.18. The fraction of sp³-hybridized carbons (Fsp3) is 0.259. The summed E-state index contributed by atoms with van der Waals surface area (Å²) in [5.74, 6) is 1.62. The smallest absolute Gasteiger partial charge is 0.149 e. The average molecular weight is 841 g/mol. The van der Waals surface area contributed by atoms with Crippen molar-refractivity contribution in [2.75, 3.05) is 0 Å². The highest BCUT2D eigenvalue weighted by molar-refractivity contribution is 6.00. The fourth-order valence-corrected chi connectivity index (χ4v) is 9.08. The van der Waals surface area contributed by atoms with Crippen LogP contribution in [0.1, 0.15) is 104 Å². The van der Waals surface area contributed by atoms with E-state index in [4.69, 9.17) is 14.7 Å². The van der Waals surface area contributed by atoms with E-state index in [2.05, 4.69) is 164 Å². The first-order valence-electron chi connectivity index (χ1n) is 22.2. The summed E-state index contributed by atoms with van der Waals surface area (Å²) in [5.41, 5.74) is 14.3. The number of phenolic OH excluding ortho intramolecular Hbond substituents is 1. The Morgan fingerprint density at radius 3 is 1.98 bits per heavy atom. The summed E-state index contributed by atoms with van der Waals surface area (Å²) in [6.45, 7) is 23.9. The summed E-state index contributed by atoms with van der Waals surface area (Å²) in [6, 6.07) is 46.5. The lowest BCUT2D eigenvalue weighted by Gasteiger charge is -2.36. The molecular formula is C58H56N4O2. The molecule has 0 saturated heterocycles. The summed E-state index contributed by atoms with van der Waals surface area (Å²) in [4.78, 5) is 10.5. The first-order valence-corrected chi connectivity index (χ1v) is 22.2. The van der Waals surface area contributed by atoms with Crippen LogP contribution in [0, 0.1) is 11.3 Å². The number of aromatic nitrogens is 3. The maximum Gasteiger partial charge on any atom is 0.149 e. The van der Waals surface area contributed by atoms with Crippen molar-refractivity contribution >= 4 is 11.0 Å². The molecule has 0 bridgehead atoms. The molecular weight excluding hydrogens is 785 g/mol. The SMILES string of the molecule is CC(C)(C)c1ccc(-n2c(-c3cc(C(C)(C)C)cc(C(C)(C)C)c3O)nc3c(-c4cc(-c5ccccn5)c5c(c4)-c4ccc(C#N)cc4C(C)(C)O5)cccc32)c(-c2ccccc2)c1. The molecule has 1 N–H and O–H groups in total. The number of fused-ring (bicyclic) bond motifs is 4. The van der Waals surface area contributed by atoms with Crippen LogP contribution in [0.5, 0.6) is 11.5 Å². The van der Waals surface area contributed by atoms with Gasteiger partial charge in [-0.2, -0.15) is 5.26 Å². The average Bonchev–Trinajstić information content (AvgIpc) is 3.64. The molecule has 9 rings (SSSR count). The van der Waals surface area contributed by atoms with Gasteiger partial charge in [0.25, 0.3) is 0 Å². The van der Waals surface area contributed by atoms with Gasteiger partial charge < -0.3 is 9.84 Å². The van der Waals surface area contributed by atoms with Crippen LogP contribution < -0.4 is 4.74 Å². The van der Waals surface area contributed by atoms with E-state index in [0.29, 0.717) is 17.0 Å². The molecule has 6 nitrogen and oxygen atoms in total. The molecule has 2 aromatic heterocycles. The zero-order chi connectivity index (χ0) is 45.5. The Morgan fingerprint density at radius 1 is 0.609 bits per heavy atom. The molecule has 0 unspecified atom stereocenters. The molecule has 3 heterocycles. The minimum atomic E-state index is -0.706. The van der Waals surface area contributed by atoms with Crippen molar-refractivity contribution in [1.29, 1.82) is 5.26 Å². The van der Waals surface area contributed by atoms with Crippen molar-refractivity contribution in [2.45, 2.75) is 98.0 Å². The molecule has 0 aliphatic carbocycles. The Labute approximate surface area is 377 Å². The van der Waals surface area contributed by atoms with E-state index in [1.165, 1.54) is 5.56 Å². The Bertz CT molecular complexity index is 3170. The van der Waals surface area contributed by atoms with Gasteiger partial charge in [0.05, 0.1) is 39.6 Å². The van der Waals surface area contributed by atoms with Crippen molar-refractivity contribution in [3.63, 3.8) is 0 Å². The monoisotopic (exact) mass is 840 g/mol. The van der Waals surface area contributed by atoms with Gasteiger partial charge in [-0.25, -0.2) is 4.98 Å². The zero-order valence-corrected chi connectivity index (χ0v) is 38.8. The largest absolute Gasteiger partial charge is 0.507 e. The number of nitriles is 1. The highest BCUT2D eigenvalue weighted by Gasteiger charge is 2.36. The number of rotatable bonds is 5. The molecule has 0 amide bonds. The number of pyridine rings is 1. The van der Waals surface area contributed by atoms with Crippen LogP contribution in [0.25, 0.3) is 72.7 Å². The van der Waals surface area contributed by atoms with Crippen molar-refractivity contribution in [3.05, 3.63) is 161 Å². The predicted molar refractivity (Wildman–Crippen MR) is 262 cm³/mol. The third-order valence-electron chi connectivity index (χ3n) is 12.7. The topological polar surface area (TPSA) is 84.0 Å². The van der Waals surface area contributed by atoms with Gasteiger partial charge >= 0.3 is 0 Å².